The van der Waals surface area contributed by atoms with Crippen molar-refractivity contribution in [1.29, 1.82) is 0 Å². The van der Waals surface area contributed by atoms with Gasteiger partial charge in [0.1, 0.15) is 5.82 Å². The summed E-state index contributed by atoms with van der Waals surface area (Å²) in [5, 5.41) is 5.38. The Morgan fingerprint density at radius 2 is 1.81 bits per heavy atom. The summed E-state index contributed by atoms with van der Waals surface area (Å²) >= 11 is 0. The number of aromatic nitrogens is 2. The van der Waals surface area contributed by atoms with Gasteiger partial charge in [-0.05, 0) is 30.5 Å². The third-order valence-corrected chi connectivity index (χ3v) is 4.90. The predicted molar refractivity (Wildman–Crippen MR) is 102 cm³/mol. The van der Waals surface area contributed by atoms with E-state index in [1.807, 2.05) is 31.2 Å². The summed E-state index contributed by atoms with van der Waals surface area (Å²) in [5.74, 6) is -1.13. The summed E-state index contributed by atoms with van der Waals surface area (Å²) in [6.07, 6.45) is 0.976. The molecule has 27 heavy (non-hydrogen) atoms. The van der Waals surface area contributed by atoms with Crippen LogP contribution >= 0.6 is 0 Å². The van der Waals surface area contributed by atoms with Gasteiger partial charge in [0.15, 0.2) is 0 Å². The average Bonchev–Trinajstić information content (AvgIpc) is 2.66. The molecule has 1 unspecified atom stereocenters. The molecule has 8 nitrogen and oxygen atoms in total. The van der Waals surface area contributed by atoms with E-state index in [2.05, 4.69) is 10.6 Å². The van der Waals surface area contributed by atoms with Gasteiger partial charge in [0, 0.05) is 26.2 Å². The molecule has 1 atom stereocenters. The number of nitrogens with one attached hydrogen (secondary N) is 2. The highest BCUT2D eigenvalue weighted by Crippen LogP contribution is 2.24. The zero-order valence-electron chi connectivity index (χ0n) is 15.5. The lowest BCUT2D eigenvalue weighted by Crippen LogP contribution is -2.45. The van der Waals surface area contributed by atoms with Crippen LogP contribution in [-0.2, 0) is 36.5 Å². The lowest BCUT2D eigenvalue weighted by molar-refractivity contribution is -0.125. The molecule has 0 saturated carbocycles. The summed E-state index contributed by atoms with van der Waals surface area (Å²) in [6.45, 7) is 2.05. The lowest BCUT2D eigenvalue weighted by atomic mass is 9.92. The van der Waals surface area contributed by atoms with E-state index in [1.54, 1.807) is 0 Å². The molecule has 0 saturated heterocycles. The Hall–Kier alpha value is -3.16. The number of amides is 2. The topological polar surface area (TPSA) is 102 Å². The number of anilines is 2. The maximum Gasteiger partial charge on any atom is 0.332 e. The fourth-order valence-corrected chi connectivity index (χ4v) is 3.24. The summed E-state index contributed by atoms with van der Waals surface area (Å²) in [5.41, 5.74) is 1.20. The third-order valence-electron chi connectivity index (χ3n) is 4.90. The zero-order valence-corrected chi connectivity index (χ0v) is 15.5. The Morgan fingerprint density at radius 3 is 2.44 bits per heavy atom. The fraction of sp³-hybridized carbons (Fsp3) is 0.368. The largest absolute Gasteiger partial charge is 0.332 e. The van der Waals surface area contributed by atoms with E-state index in [0.29, 0.717) is 11.3 Å². The Morgan fingerprint density at radius 1 is 1.15 bits per heavy atom. The smallest absolute Gasteiger partial charge is 0.326 e. The van der Waals surface area contributed by atoms with Crippen molar-refractivity contribution in [3.8, 4) is 0 Å². The monoisotopic (exact) mass is 370 g/mol. The second kappa shape index (κ2) is 7.22. The Labute approximate surface area is 155 Å². The maximum atomic E-state index is 12.4. The first-order chi connectivity index (χ1) is 12.8. The predicted octanol–water partition coefficient (Wildman–Crippen LogP) is 0.786. The van der Waals surface area contributed by atoms with Crippen molar-refractivity contribution >= 4 is 23.3 Å². The van der Waals surface area contributed by atoms with Crippen LogP contribution in [0.1, 0.15) is 24.5 Å². The number of hydrogen-bond acceptors (Lipinski definition) is 4. The molecule has 0 spiro atoms. The molecule has 0 aliphatic carbocycles. The van der Waals surface area contributed by atoms with E-state index in [-0.39, 0.29) is 30.5 Å². The molecule has 2 N–H and O–H groups in total. The highest BCUT2D eigenvalue weighted by molar-refractivity contribution is 5.99. The molecule has 0 bridgehead atoms. The molecular weight excluding hydrogens is 348 g/mol. The lowest BCUT2D eigenvalue weighted by Gasteiger charge is -2.25. The van der Waals surface area contributed by atoms with Gasteiger partial charge in [-0.2, -0.15) is 0 Å². The van der Waals surface area contributed by atoms with Crippen LogP contribution in [0.5, 0.6) is 0 Å². The van der Waals surface area contributed by atoms with Gasteiger partial charge in [-0.3, -0.25) is 23.5 Å². The molecule has 1 aliphatic rings. The zero-order chi connectivity index (χ0) is 19.7. The molecule has 2 amide bonds. The van der Waals surface area contributed by atoms with Gasteiger partial charge >= 0.3 is 5.69 Å². The fourth-order valence-electron chi connectivity index (χ4n) is 3.24. The Bertz CT molecular complexity index is 1020. The van der Waals surface area contributed by atoms with Gasteiger partial charge in [0.25, 0.3) is 5.56 Å². The molecule has 3 rings (SSSR count). The second-order valence-corrected chi connectivity index (χ2v) is 6.73. The van der Waals surface area contributed by atoms with Crippen molar-refractivity contribution in [1.82, 2.24) is 9.13 Å². The average molecular weight is 370 g/mol. The van der Waals surface area contributed by atoms with Crippen molar-refractivity contribution < 1.29 is 9.59 Å². The van der Waals surface area contributed by atoms with E-state index >= 15 is 0 Å². The number of carbonyl (C=O) groups excluding carboxylic acids is 2. The quantitative estimate of drug-likeness (QED) is 0.830. The molecule has 0 radical (unpaired) electrons. The van der Waals surface area contributed by atoms with Crippen LogP contribution in [0.4, 0.5) is 11.5 Å². The second-order valence-electron chi connectivity index (χ2n) is 6.73. The minimum absolute atomic E-state index is 0.0488. The number of carbonyl (C=O) groups is 2. The number of fused-ring (bicyclic) bond motifs is 1. The highest BCUT2D eigenvalue weighted by atomic mass is 16.2. The molecule has 1 aromatic carbocycles. The molecule has 0 fully saturated rings. The molecule has 2 heterocycles. The number of aryl methyl sites for hydroxylation is 1. The third kappa shape index (κ3) is 3.55. The normalized spacial score (nSPS) is 15.8. The number of hydrogen-bond donors (Lipinski definition) is 2. The van der Waals surface area contributed by atoms with E-state index in [4.69, 9.17) is 0 Å². The molecule has 142 valence electrons. The van der Waals surface area contributed by atoms with Crippen molar-refractivity contribution in [3.05, 3.63) is 56.2 Å². The minimum Gasteiger partial charge on any atom is -0.326 e. The SMILES string of the molecule is CCc1ccc(NC(=O)CC2Cc3c(n(C)c(=O)n(C)c3=O)NC2=O)cc1. The Kier molecular flexibility index (Phi) is 4.98. The molecule has 2 aromatic rings. The van der Waals surface area contributed by atoms with Crippen LogP contribution in [-0.4, -0.2) is 20.9 Å². The van der Waals surface area contributed by atoms with Crippen LogP contribution in [0.3, 0.4) is 0 Å². The first-order valence-corrected chi connectivity index (χ1v) is 8.80. The van der Waals surface area contributed by atoms with Crippen molar-refractivity contribution in [3.63, 3.8) is 0 Å². The van der Waals surface area contributed by atoms with E-state index < -0.39 is 17.2 Å². The van der Waals surface area contributed by atoms with Crippen LogP contribution in [0.2, 0.25) is 0 Å². The molecule has 1 aromatic heterocycles. The summed E-state index contributed by atoms with van der Waals surface area (Å²) in [6, 6.07) is 7.50. The van der Waals surface area contributed by atoms with Crippen molar-refractivity contribution in [2.24, 2.45) is 20.0 Å². The van der Waals surface area contributed by atoms with Gasteiger partial charge in [0.05, 0.1) is 11.5 Å². The maximum absolute atomic E-state index is 12.4. The minimum atomic E-state index is -0.669. The van der Waals surface area contributed by atoms with E-state index in [0.717, 1.165) is 16.6 Å². The summed E-state index contributed by atoms with van der Waals surface area (Å²) < 4.78 is 2.24. The van der Waals surface area contributed by atoms with Gasteiger partial charge < -0.3 is 10.6 Å². The number of benzene rings is 1. The standard InChI is InChI=1S/C19H22N4O4/c1-4-11-5-7-13(8-6-11)20-15(24)10-12-9-14-16(21-17(12)25)22(2)19(27)23(3)18(14)26/h5-8,12H,4,9-10H2,1-3H3,(H,20,24)(H,21,25). The van der Waals surface area contributed by atoms with Crippen molar-refractivity contribution in [2.75, 3.05) is 10.6 Å². The van der Waals surface area contributed by atoms with E-state index in [9.17, 15) is 19.2 Å². The number of rotatable bonds is 4. The van der Waals surface area contributed by atoms with Crippen molar-refractivity contribution in [2.45, 2.75) is 26.2 Å². The van der Waals surface area contributed by atoms with Crippen LogP contribution < -0.4 is 21.9 Å². The van der Waals surface area contributed by atoms with Gasteiger partial charge in [-0.1, -0.05) is 19.1 Å². The summed E-state index contributed by atoms with van der Waals surface area (Å²) in [7, 11) is 2.89. The summed E-state index contributed by atoms with van der Waals surface area (Å²) in [4.78, 5) is 49.1. The molecule has 1 aliphatic heterocycles. The van der Waals surface area contributed by atoms with Crippen LogP contribution in [0.15, 0.2) is 33.9 Å². The van der Waals surface area contributed by atoms with Gasteiger partial charge in [0.2, 0.25) is 11.8 Å². The molecule has 8 heteroatoms. The van der Waals surface area contributed by atoms with Crippen LogP contribution in [0, 0.1) is 5.92 Å². The van der Waals surface area contributed by atoms with Gasteiger partial charge in [-0.25, -0.2) is 4.79 Å². The number of nitrogens with zero attached hydrogens (tertiary/aromatic N) is 2. The molecular formula is C19H22N4O4. The van der Waals surface area contributed by atoms with Crippen LogP contribution in [0.25, 0.3) is 0 Å². The Balaban J connectivity index is 1.77. The van der Waals surface area contributed by atoms with Gasteiger partial charge in [-0.15, -0.1) is 0 Å². The van der Waals surface area contributed by atoms with E-state index in [1.165, 1.54) is 18.7 Å². The first-order valence-electron chi connectivity index (χ1n) is 8.80. The first kappa shape index (κ1) is 18.6. The highest BCUT2D eigenvalue weighted by Gasteiger charge is 2.32.